The Morgan fingerprint density at radius 3 is 2.29 bits per heavy atom. The molecule has 0 fully saturated rings. The van der Waals surface area contributed by atoms with E-state index in [1.54, 1.807) is 0 Å². The van der Waals surface area contributed by atoms with Gasteiger partial charge in [-0.3, -0.25) is 0 Å². The third-order valence-electron chi connectivity index (χ3n) is 2.39. The van der Waals surface area contributed by atoms with Crippen LogP contribution in [0.25, 0.3) is 0 Å². The second-order valence-corrected chi connectivity index (χ2v) is 6.42. The van der Waals surface area contributed by atoms with Crippen LogP contribution in [-0.2, 0) is 9.84 Å². The molecule has 1 rings (SSSR count). The van der Waals surface area contributed by atoms with Crippen LogP contribution in [0.15, 0.2) is 11.0 Å². The summed E-state index contributed by atoms with van der Waals surface area (Å²) in [5.74, 6) is -2.48. The summed E-state index contributed by atoms with van der Waals surface area (Å²) in [6.07, 6.45) is -5.97. The number of halogens is 4. The smallest absolute Gasteiger partial charge is 0.337 e. The predicted octanol–water partition coefficient (Wildman–Crippen LogP) is 2.69. The number of sulfone groups is 1. The standard InChI is InChI=1S/C11H10ClF3O5S/c1-4-3-5(11(16)17)6(12)7(8(4)21(2,18)19)20-10(15)9(13)14/h3,9-10H,1-2H3,(H,16,17). The van der Waals surface area contributed by atoms with E-state index in [0.717, 1.165) is 12.3 Å². The van der Waals surface area contributed by atoms with Crippen molar-refractivity contribution in [3.63, 3.8) is 0 Å². The highest BCUT2D eigenvalue weighted by atomic mass is 35.5. The lowest BCUT2D eigenvalue weighted by molar-refractivity contribution is -0.0682. The van der Waals surface area contributed by atoms with Crippen molar-refractivity contribution in [3.8, 4) is 5.75 Å². The average molecular weight is 347 g/mol. The maximum Gasteiger partial charge on any atom is 0.337 e. The van der Waals surface area contributed by atoms with Crippen molar-refractivity contribution in [3.05, 3.63) is 22.2 Å². The molecule has 0 aliphatic rings. The Labute approximate surface area is 123 Å². The Morgan fingerprint density at radius 2 is 1.90 bits per heavy atom. The first-order valence-electron chi connectivity index (χ1n) is 5.32. The van der Waals surface area contributed by atoms with E-state index < -0.39 is 49.8 Å². The van der Waals surface area contributed by atoms with Crippen molar-refractivity contribution in [1.29, 1.82) is 0 Å². The first-order chi connectivity index (χ1) is 9.46. The SMILES string of the molecule is Cc1cc(C(=O)O)c(Cl)c(OC(F)C(F)F)c1S(C)(=O)=O. The summed E-state index contributed by atoms with van der Waals surface area (Å²) in [6.45, 7) is 1.21. The largest absolute Gasteiger partial charge is 0.478 e. The fourth-order valence-electron chi connectivity index (χ4n) is 1.63. The molecule has 5 nitrogen and oxygen atoms in total. The van der Waals surface area contributed by atoms with Crippen molar-refractivity contribution >= 4 is 27.4 Å². The number of hydrogen-bond acceptors (Lipinski definition) is 4. The van der Waals surface area contributed by atoms with Crippen LogP contribution in [-0.4, -0.2) is 38.5 Å². The number of benzene rings is 1. The Hall–Kier alpha value is -1.48. The minimum absolute atomic E-state index is 0.115. The number of ether oxygens (including phenoxy) is 1. The van der Waals surface area contributed by atoms with Gasteiger partial charge in [-0.1, -0.05) is 11.6 Å². The average Bonchev–Trinajstić information content (AvgIpc) is 2.30. The maximum absolute atomic E-state index is 13.1. The van der Waals surface area contributed by atoms with Gasteiger partial charge >= 0.3 is 12.4 Å². The van der Waals surface area contributed by atoms with Crippen LogP contribution in [0.3, 0.4) is 0 Å². The summed E-state index contributed by atoms with van der Waals surface area (Å²) in [7, 11) is -4.01. The molecule has 1 unspecified atom stereocenters. The second kappa shape index (κ2) is 6.10. The quantitative estimate of drug-likeness (QED) is 0.886. The van der Waals surface area contributed by atoms with Crippen LogP contribution in [0, 0.1) is 6.92 Å². The van der Waals surface area contributed by atoms with E-state index in [-0.39, 0.29) is 5.56 Å². The first-order valence-corrected chi connectivity index (χ1v) is 7.59. The number of carboxylic acids is 1. The van der Waals surface area contributed by atoms with Crippen LogP contribution < -0.4 is 4.74 Å². The zero-order valence-electron chi connectivity index (χ0n) is 10.7. The highest BCUT2D eigenvalue weighted by Gasteiger charge is 2.30. The molecule has 0 aliphatic carbocycles. The van der Waals surface area contributed by atoms with Gasteiger partial charge in [0.05, 0.1) is 10.6 Å². The number of rotatable bonds is 5. The first kappa shape index (κ1) is 17.6. The molecule has 0 aromatic heterocycles. The Kier molecular flexibility index (Phi) is 5.11. The van der Waals surface area contributed by atoms with Crippen LogP contribution in [0.1, 0.15) is 15.9 Å². The summed E-state index contributed by atoms with van der Waals surface area (Å²) in [5, 5.41) is 8.15. The maximum atomic E-state index is 13.1. The molecule has 0 heterocycles. The number of aromatic carboxylic acids is 1. The van der Waals surface area contributed by atoms with Crippen LogP contribution in [0.2, 0.25) is 5.02 Å². The van der Waals surface area contributed by atoms with Gasteiger partial charge in [-0.25, -0.2) is 22.0 Å². The normalized spacial score (nSPS) is 13.3. The van der Waals surface area contributed by atoms with Crippen LogP contribution in [0.4, 0.5) is 13.2 Å². The summed E-state index contributed by atoms with van der Waals surface area (Å²) in [4.78, 5) is 10.3. The summed E-state index contributed by atoms with van der Waals surface area (Å²) >= 11 is 5.65. The second-order valence-electron chi connectivity index (χ2n) is 4.09. The van der Waals surface area contributed by atoms with Gasteiger partial charge in [-0.15, -0.1) is 0 Å². The third-order valence-corrected chi connectivity index (χ3v) is 4.01. The highest BCUT2D eigenvalue weighted by molar-refractivity contribution is 7.90. The number of carbonyl (C=O) groups is 1. The molecule has 0 bridgehead atoms. The minimum atomic E-state index is -4.01. The molecule has 10 heteroatoms. The van der Waals surface area contributed by atoms with E-state index in [0.29, 0.717) is 0 Å². The van der Waals surface area contributed by atoms with Crippen molar-refractivity contribution < 1.29 is 36.2 Å². The van der Waals surface area contributed by atoms with E-state index in [9.17, 15) is 26.4 Å². The number of aryl methyl sites for hydroxylation is 1. The number of alkyl halides is 3. The summed E-state index contributed by atoms with van der Waals surface area (Å²) in [6, 6.07) is 0.934. The molecular weight excluding hydrogens is 337 g/mol. The molecular formula is C11H10ClF3O5S. The Morgan fingerprint density at radius 1 is 1.38 bits per heavy atom. The lowest BCUT2D eigenvalue weighted by Crippen LogP contribution is -2.22. The van der Waals surface area contributed by atoms with Gasteiger partial charge in [-0.2, -0.15) is 4.39 Å². The molecule has 0 saturated carbocycles. The van der Waals surface area contributed by atoms with E-state index in [2.05, 4.69) is 4.74 Å². The summed E-state index contributed by atoms with van der Waals surface area (Å²) in [5.41, 5.74) is -0.700. The van der Waals surface area contributed by atoms with E-state index in [1.165, 1.54) is 6.92 Å². The van der Waals surface area contributed by atoms with E-state index in [4.69, 9.17) is 16.7 Å². The van der Waals surface area contributed by atoms with Crippen molar-refractivity contribution in [2.24, 2.45) is 0 Å². The van der Waals surface area contributed by atoms with Gasteiger partial charge in [-0.05, 0) is 18.6 Å². The lowest BCUT2D eigenvalue weighted by Gasteiger charge is -2.18. The molecule has 21 heavy (non-hydrogen) atoms. The van der Waals surface area contributed by atoms with Crippen LogP contribution in [0.5, 0.6) is 5.75 Å². The van der Waals surface area contributed by atoms with Crippen molar-refractivity contribution in [2.75, 3.05) is 6.26 Å². The van der Waals surface area contributed by atoms with Crippen molar-refractivity contribution in [2.45, 2.75) is 24.6 Å². The molecule has 1 aromatic carbocycles. The van der Waals surface area contributed by atoms with Gasteiger partial charge in [0.1, 0.15) is 4.90 Å². The number of carboxylic acid groups (broad SMARTS) is 1. The molecule has 1 atom stereocenters. The molecule has 0 radical (unpaired) electrons. The van der Waals surface area contributed by atoms with Gasteiger partial charge in [0.15, 0.2) is 15.6 Å². The summed E-state index contributed by atoms with van der Waals surface area (Å²) < 4.78 is 65.1. The van der Waals surface area contributed by atoms with Crippen LogP contribution >= 0.6 is 11.6 Å². The highest BCUT2D eigenvalue weighted by Crippen LogP contribution is 2.39. The molecule has 1 N–H and O–H groups in total. The molecule has 1 aromatic rings. The zero-order valence-corrected chi connectivity index (χ0v) is 12.3. The molecule has 0 spiro atoms. The van der Waals surface area contributed by atoms with Gasteiger partial charge in [0.2, 0.25) is 0 Å². The van der Waals surface area contributed by atoms with Gasteiger partial charge in [0, 0.05) is 6.26 Å². The lowest BCUT2D eigenvalue weighted by atomic mass is 10.1. The monoisotopic (exact) mass is 346 g/mol. The molecule has 0 saturated heterocycles. The zero-order chi connectivity index (χ0) is 16.5. The topological polar surface area (TPSA) is 80.7 Å². The minimum Gasteiger partial charge on any atom is -0.478 e. The van der Waals surface area contributed by atoms with E-state index in [1.807, 2.05) is 0 Å². The fourth-order valence-corrected chi connectivity index (χ4v) is 3.09. The molecule has 118 valence electrons. The van der Waals surface area contributed by atoms with Gasteiger partial charge in [0.25, 0.3) is 6.36 Å². The van der Waals surface area contributed by atoms with Crippen molar-refractivity contribution in [1.82, 2.24) is 0 Å². The predicted molar refractivity (Wildman–Crippen MR) is 67.8 cm³/mol. The van der Waals surface area contributed by atoms with E-state index >= 15 is 0 Å². The molecule has 0 aliphatic heterocycles. The Bertz CT molecular complexity index is 675. The van der Waals surface area contributed by atoms with Gasteiger partial charge < -0.3 is 9.84 Å². The number of hydrogen-bond donors (Lipinski definition) is 1. The third kappa shape index (κ3) is 3.79. The fraction of sp³-hybridized carbons (Fsp3) is 0.364. The molecule has 0 amide bonds. The Balaban J connectivity index is 3.66.